The number of fused-ring (bicyclic) bond motifs is 4. The summed E-state index contributed by atoms with van der Waals surface area (Å²) in [5, 5.41) is 10.7. The van der Waals surface area contributed by atoms with Gasteiger partial charge in [0.25, 0.3) is 0 Å². The first-order chi connectivity index (χ1) is 11.2. The number of nitrogens with zero attached hydrogens (tertiary/aromatic N) is 1. The van der Waals surface area contributed by atoms with Gasteiger partial charge in [-0.2, -0.15) is 5.10 Å². The van der Waals surface area contributed by atoms with E-state index in [-0.39, 0.29) is 18.4 Å². The third-order valence-electron chi connectivity index (χ3n) is 4.56. The maximum Gasteiger partial charge on any atom is 0.356 e. The number of aromatic nitrogens is 2. The van der Waals surface area contributed by atoms with E-state index in [1.807, 2.05) is 24.3 Å². The van der Waals surface area contributed by atoms with Gasteiger partial charge in [-0.25, -0.2) is 4.79 Å². The number of aromatic amines is 1. The van der Waals surface area contributed by atoms with Crippen LogP contribution in [0.2, 0.25) is 0 Å². The van der Waals surface area contributed by atoms with Gasteiger partial charge in [0.15, 0.2) is 5.69 Å². The third-order valence-corrected chi connectivity index (χ3v) is 4.56. The van der Waals surface area contributed by atoms with Gasteiger partial charge in [0, 0.05) is 18.4 Å². The SMILES string of the molecule is CCOC(=O)c1[nH]nc2c1C1(CCNCC1)Oc1ccccc1-2.Cl. The summed E-state index contributed by atoms with van der Waals surface area (Å²) >= 11 is 0. The van der Waals surface area contributed by atoms with Crippen LogP contribution in [0, 0.1) is 0 Å². The number of carbonyl (C=O) groups excluding carboxylic acids is 1. The van der Waals surface area contributed by atoms with E-state index in [9.17, 15) is 4.79 Å². The zero-order valence-electron chi connectivity index (χ0n) is 13.4. The van der Waals surface area contributed by atoms with Gasteiger partial charge < -0.3 is 14.8 Å². The van der Waals surface area contributed by atoms with Crippen LogP contribution in [-0.4, -0.2) is 35.9 Å². The molecule has 0 radical (unpaired) electrons. The number of piperidine rings is 1. The van der Waals surface area contributed by atoms with Crippen LogP contribution >= 0.6 is 12.4 Å². The molecule has 1 aromatic carbocycles. The molecule has 0 aliphatic carbocycles. The van der Waals surface area contributed by atoms with E-state index in [0.717, 1.165) is 48.5 Å². The zero-order valence-corrected chi connectivity index (χ0v) is 14.2. The molecule has 128 valence electrons. The molecule has 1 spiro atoms. The summed E-state index contributed by atoms with van der Waals surface area (Å²) in [6.45, 7) is 3.82. The first-order valence-electron chi connectivity index (χ1n) is 8.00. The molecule has 2 aliphatic rings. The van der Waals surface area contributed by atoms with Crippen LogP contribution in [0.3, 0.4) is 0 Å². The smallest absolute Gasteiger partial charge is 0.356 e. The lowest BCUT2D eigenvalue weighted by Crippen LogP contribution is -2.46. The van der Waals surface area contributed by atoms with Crippen LogP contribution in [0.4, 0.5) is 0 Å². The third kappa shape index (κ3) is 2.46. The second kappa shape index (κ2) is 6.45. The van der Waals surface area contributed by atoms with Crippen molar-refractivity contribution in [3.05, 3.63) is 35.5 Å². The quantitative estimate of drug-likeness (QED) is 0.815. The number of carbonyl (C=O) groups is 1. The van der Waals surface area contributed by atoms with Crippen LogP contribution in [0.1, 0.15) is 35.8 Å². The number of rotatable bonds is 2. The fourth-order valence-electron chi connectivity index (χ4n) is 3.53. The highest BCUT2D eigenvalue weighted by atomic mass is 35.5. The van der Waals surface area contributed by atoms with Gasteiger partial charge in [0.1, 0.15) is 17.0 Å². The van der Waals surface area contributed by atoms with Crippen molar-refractivity contribution in [2.75, 3.05) is 19.7 Å². The highest BCUT2D eigenvalue weighted by Crippen LogP contribution is 2.49. The summed E-state index contributed by atoms with van der Waals surface area (Å²) in [6, 6.07) is 7.83. The van der Waals surface area contributed by atoms with Crippen molar-refractivity contribution in [2.24, 2.45) is 0 Å². The second-order valence-electron chi connectivity index (χ2n) is 5.89. The highest BCUT2D eigenvalue weighted by Gasteiger charge is 2.46. The Balaban J connectivity index is 0.00000169. The number of hydrogen-bond donors (Lipinski definition) is 2. The van der Waals surface area contributed by atoms with Crippen molar-refractivity contribution in [3.8, 4) is 17.0 Å². The van der Waals surface area contributed by atoms with Crippen molar-refractivity contribution in [1.29, 1.82) is 0 Å². The Morgan fingerprint density at radius 1 is 1.33 bits per heavy atom. The number of benzene rings is 1. The molecular weight excluding hydrogens is 330 g/mol. The van der Waals surface area contributed by atoms with E-state index in [1.54, 1.807) is 6.92 Å². The van der Waals surface area contributed by atoms with Gasteiger partial charge in [-0.15, -0.1) is 12.4 Å². The standard InChI is InChI=1S/C17H19N3O3.ClH/c1-2-22-16(21)15-13-14(19-20-15)11-5-3-4-6-12(11)23-17(13)7-9-18-10-8-17;/h3-6,18H,2,7-10H2,1H3,(H,19,20);1H. The van der Waals surface area contributed by atoms with Crippen molar-refractivity contribution >= 4 is 18.4 Å². The molecule has 1 aromatic heterocycles. The van der Waals surface area contributed by atoms with Crippen LogP contribution in [0.25, 0.3) is 11.3 Å². The molecule has 6 nitrogen and oxygen atoms in total. The minimum absolute atomic E-state index is 0. The Morgan fingerprint density at radius 2 is 2.08 bits per heavy atom. The van der Waals surface area contributed by atoms with Crippen LogP contribution in [0.5, 0.6) is 5.75 Å². The number of H-pyrrole nitrogens is 1. The lowest BCUT2D eigenvalue weighted by molar-refractivity contribution is 0.0268. The molecule has 0 saturated carbocycles. The number of ether oxygens (including phenoxy) is 2. The zero-order chi connectivity index (χ0) is 15.9. The Labute approximate surface area is 146 Å². The van der Waals surface area contributed by atoms with Gasteiger partial charge in [-0.05, 0) is 32.1 Å². The average molecular weight is 350 g/mol. The molecule has 0 bridgehead atoms. The van der Waals surface area contributed by atoms with Crippen molar-refractivity contribution in [1.82, 2.24) is 15.5 Å². The van der Waals surface area contributed by atoms with Crippen molar-refractivity contribution in [2.45, 2.75) is 25.4 Å². The highest BCUT2D eigenvalue weighted by molar-refractivity contribution is 5.93. The molecule has 3 heterocycles. The number of halogens is 1. The lowest BCUT2D eigenvalue weighted by atomic mass is 9.80. The Hall–Kier alpha value is -2.05. The Kier molecular flexibility index (Phi) is 4.51. The van der Waals surface area contributed by atoms with Gasteiger partial charge in [-0.3, -0.25) is 5.10 Å². The molecular formula is C17H20ClN3O3. The normalized spacial score (nSPS) is 17.2. The predicted octanol–water partition coefficient (Wildman–Crippen LogP) is 2.65. The number of esters is 1. The van der Waals surface area contributed by atoms with Crippen molar-refractivity contribution < 1.29 is 14.3 Å². The van der Waals surface area contributed by atoms with Crippen molar-refractivity contribution in [3.63, 3.8) is 0 Å². The topological polar surface area (TPSA) is 76.2 Å². The summed E-state index contributed by atoms with van der Waals surface area (Å²) in [5.74, 6) is 0.450. The number of nitrogens with one attached hydrogen (secondary N) is 2. The van der Waals surface area contributed by atoms with Crippen LogP contribution in [-0.2, 0) is 10.3 Å². The maximum absolute atomic E-state index is 12.4. The molecule has 0 atom stereocenters. The summed E-state index contributed by atoms with van der Waals surface area (Å²) in [7, 11) is 0. The lowest BCUT2D eigenvalue weighted by Gasteiger charge is -2.41. The summed E-state index contributed by atoms with van der Waals surface area (Å²) in [6.07, 6.45) is 1.58. The van der Waals surface area contributed by atoms with Gasteiger partial charge in [0.05, 0.1) is 12.2 Å². The fourth-order valence-corrected chi connectivity index (χ4v) is 3.53. The van der Waals surface area contributed by atoms with E-state index in [2.05, 4.69) is 15.5 Å². The first kappa shape index (κ1) is 16.8. The van der Waals surface area contributed by atoms with Gasteiger partial charge in [-0.1, -0.05) is 12.1 Å². The molecule has 2 N–H and O–H groups in total. The van der Waals surface area contributed by atoms with Crippen LogP contribution < -0.4 is 10.1 Å². The average Bonchev–Trinajstić information content (AvgIpc) is 3.03. The van der Waals surface area contributed by atoms with Gasteiger partial charge in [0.2, 0.25) is 0 Å². The molecule has 4 rings (SSSR count). The summed E-state index contributed by atoms with van der Waals surface area (Å²) in [4.78, 5) is 12.4. The fraction of sp³-hybridized carbons (Fsp3) is 0.412. The number of hydrogen-bond acceptors (Lipinski definition) is 5. The minimum atomic E-state index is -0.524. The molecule has 0 unspecified atom stereocenters. The largest absolute Gasteiger partial charge is 0.482 e. The molecule has 0 amide bonds. The number of para-hydroxylation sites is 1. The maximum atomic E-state index is 12.4. The van der Waals surface area contributed by atoms with E-state index in [0.29, 0.717) is 12.3 Å². The summed E-state index contributed by atoms with van der Waals surface area (Å²) in [5.41, 5.74) is 2.45. The molecule has 2 aliphatic heterocycles. The van der Waals surface area contributed by atoms with Crippen LogP contribution in [0.15, 0.2) is 24.3 Å². The monoisotopic (exact) mass is 349 g/mol. The van der Waals surface area contributed by atoms with Gasteiger partial charge >= 0.3 is 5.97 Å². The molecule has 2 aromatic rings. The minimum Gasteiger partial charge on any atom is -0.482 e. The molecule has 1 fully saturated rings. The van der Waals surface area contributed by atoms with E-state index in [1.165, 1.54) is 0 Å². The predicted molar refractivity (Wildman–Crippen MR) is 91.6 cm³/mol. The Bertz CT molecular complexity index is 753. The van der Waals surface area contributed by atoms with E-state index < -0.39 is 5.60 Å². The van der Waals surface area contributed by atoms with E-state index >= 15 is 0 Å². The second-order valence-corrected chi connectivity index (χ2v) is 5.89. The van der Waals surface area contributed by atoms with E-state index in [4.69, 9.17) is 9.47 Å². The molecule has 7 heteroatoms. The summed E-state index contributed by atoms with van der Waals surface area (Å²) < 4.78 is 11.6. The molecule has 24 heavy (non-hydrogen) atoms. The Morgan fingerprint density at radius 3 is 2.83 bits per heavy atom. The molecule has 1 saturated heterocycles. The first-order valence-corrected chi connectivity index (χ1v) is 8.00.